The fraction of sp³-hybridized carbons (Fsp3) is 0.258. The van der Waals surface area contributed by atoms with Gasteiger partial charge >= 0.3 is 0 Å². The molecule has 0 saturated carbocycles. The summed E-state index contributed by atoms with van der Waals surface area (Å²) in [4.78, 5) is 14.9. The highest BCUT2D eigenvalue weighted by atomic mass is 15.1. The first kappa shape index (κ1) is 24.9. The van der Waals surface area contributed by atoms with Gasteiger partial charge in [0, 0.05) is 41.6 Å². The van der Waals surface area contributed by atoms with Crippen LogP contribution in [0.3, 0.4) is 0 Å². The predicted octanol–water partition coefficient (Wildman–Crippen LogP) is 6.16. The molecule has 8 nitrogen and oxygen atoms in total. The number of allylic oxidation sites excluding steroid dienone is 3. The molecule has 4 N–H and O–H groups in total. The first-order chi connectivity index (χ1) is 19.1. The molecule has 0 aliphatic carbocycles. The number of aromatic nitrogens is 6. The number of nitrogens with one attached hydrogen (secondary N) is 2. The fourth-order valence-electron chi connectivity index (χ4n) is 5.37. The van der Waals surface area contributed by atoms with E-state index in [-0.39, 0.29) is 0 Å². The number of H-pyrrole nitrogens is 2. The van der Waals surface area contributed by atoms with E-state index >= 15 is 0 Å². The Bertz CT molecular complexity index is 1660. The lowest BCUT2D eigenvalue weighted by Gasteiger charge is -2.26. The van der Waals surface area contributed by atoms with Gasteiger partial charge in [0.15, 0.2) is 0 Å². The highest BCUT2D eigenvalue weighted by Crippen LogP contribution is 2.34. The van der Waals surface area contributed by atoms with E-state index in [1.807, 2.05) is 55.2 Å². The number of rotatable bonds is 7. The highest BCUT2D eigenvalue weighted by molar-refractivity contribution is 5.96. The summed E-state index contributed by atoms with van der Waals surface area (Å²) in [6.07, 6.45) is 17.7. The molecule has 1 fully saturated rings. The van der Waals surface area contributed by atoms with E-state index in [4.69, 9.17) is 5.73 Å². The minimum absolute atomic E-state index is 0.578. The van der Waals surface area contributed by atoms with Crippen molar-refractivity contribution in [3.63, 3.8) is 0 Å². The highest BCUT2D eigenvalue weighted by Gasteiger charge is 2.17. The minimum atomic E-state index is 0.578. The zero-order chi connectivity index (χ0) is 26.8. The second-order valence-electron chi connectivity index (χ2n) is 10.3. The number of piperidine rings is 1. The summed E-state index contributed by atoms with van der Waals surface area (Å²) >= 11 is 0. The Hall–Kier alpha value is -4.43. The number of likely N-dealkylation sites (tertiary alicyclic amines) is 1. The average molecular weight is 519 g/mol. The number of hydrogen-bond acceptors (Lipinski definition) is 5. The molecule has 0 spiro atoms. The van der Waals surface area contributed by atoms with Crippen molar-refractivity contribution in [2.45, 2.75) is 39.7 Å². The van der Waals surface area contributed by atoms with Gasteiger partial charge in [0.05, 0.1) is 28.9 Å². The molecular weight excluding hydrogens is 484 g/mol. The van der Waals surface area contributed by atoms with Gasteiger partial charge < -0.3 is 15.3 Å². The second-order valence-corrected chi connectivity index (χ2v) is 10.3. The van der Waals surface area contributed by atoms with Crippen LogP contribution in [0, 0.1) is 6.92 Å². The summed E-state index contributed by atoms with van der Waals surface area (Å²) in [7, 11) is 0. The monoisotopic (exact) mass is 518 g/mol. The van der Waals surface area contributed by atoms with Crippen LogP contribution in [-0.2, 0) is 6.54 Å². The van der Waals surface area contributed by atoms with Crippen LogP contribution in [0.15, 0.2) is 73.5 Å². The molecule has 0 amide bonds. The molecule has 39 heavy (non-hydrogen) atoms. The summed E-state index contributed by atoms with van der Waals surface area (Å²) in [6.45, 7) is 7.25. The zero-order valence-electron chi connectivity index (χ0n) is 22.5. The van der Waals surface area contributed by atoms with Crippen molar-refractivity contribution in [1.29, 1.82) is 0 Å². The first-order valence-corrected chi connectivity index (χ1v) is 13.6. The van der Waals surface area contributed by atoms with E-state index in [2.05, 4.69) is 60.4 Å². The topological polar surface area (TPSA) is 104 Å². The van der Waals surface area contributed by atoms with Crippen molar-refractivity contribution >= 4 is 22.4 Å². The molecule has 0 atom stereocenters. The Labute approximate surface area is 228 Å². The van der Waals surface area contributed by atoms with Gasteiger partial charge in [-0.3, -0.25) is 15.0 Å². The van der Waals surface area contributed by atoms with E-state index in [1.165, 1.54) is 37.9 Å². The van der Waals surface area contributed by atoms with Crippen molar-refractivity contribution in [3.8, 4) is 22.5 Å². The van der Waals surface area contributed by atoms with E-state index in [0.29, 0.717) is 5.82 Å². The number of aryl methyl sites for hydroxylation is 1. The quantitative estimate of drug-likeness (QED) is 0.224. The first-order valence-electron chi connectivity index (χ1n) is 13.6. The molecule has 0 bridgehead atoms. The number of hydrogen-bond donors (Lipinski definition) is 3. The van der Waals surface area contributed by atoms with Gasteiger partial charge in [-0.1, -0.05) is 24.6 Å². The number of nitrogens with zero attached hydrogens (tertiary/aromatic N) is 5. The number of pyridine rings is 1. The maximum Gasteiger partial charge on any atom is 0.116 e. The number of benzene rings is 1. The summed E-state index contributed by atoms with van der Waals surface area (Å²) in [5, 5.41) is 8.87. The van der Waals surface area contributed by atoms with E-state index in [9.17, 15) is 0 Å². The standard InChI is InChI=1S/C31H34N8/c1-3-4-8-29(39-18-21(2)34-20-39)26-15-28(35-31(26)32)30-25-14-23(9-10-27(25)36-37-30)24-13-22(16-33-17-24)19-38-11-6-5-7-12-38/h3-4,8-10,13-18,20,35H,5-7,11-12,19,32H2,1-2H3,(H,36,37)/b4-3?,29-8+. The Morgan fingerprint density at radius 1 is 1.08 bits per heavy atom. The lowest BCUT2D eigenvalue weighted by molar-refractivity contribution is 0.220. The van der Waals surface area contributed by atoms with Crippen LogP contribution in [0.25, 0.3) is 39.1 Å². The zero-order valence-corrected chi connectivity index (χ0v) is 22.5. The molecule has 1 aliphatic rings. The van der Waals surface area contributed by atoms with Gasteiger partial charge in [0.25, 0.3) is 0 Å². The third kappa shape index (κ3) is 5.15. The largest absolute Gasteiger partial charge is 0.385 e. The maximum absolute atomic E-state index is 6.52. The molecule has 1 saturated heterocycles. The summed E-state index contributed by atoms with van der Waals surface area (Å²) in [6, 6.07) is 10.7. The fourth-order valence-corrected chi connectivity index (χ4v) is 5.37. The van der Waals surface area contributed by atoms with Gasteiger partial charge in [0.2, 0.25) is 0 Å². The number of nitrogens with two attached hydrogens (primary N) is 1. The molecule has 4 aromatic heterocycles. The van der Waals surface area contributed by atoms with E-state index in [1.54, 1.807) is 6.33 Å². The molecular formula is C31H34N8. The van der Waals surface area contributed by atoms with Gasteiger partial charge in [-0.25, -0.2) is 4.98 Å². The van der Waals surface area contributed by atoms with Gasteiger partial charge in [-0.2, -0.15) is 5.10 Å². The molecule has 0 radical (unpaired) electrons. The third-order valence-corrected chi connectivity index (χ3v) is 7.36. The summed E-state index contributed by atoms with van der Waals surface area (Å²) in [5.41, 5.74) is 15.4. The van der Waals surface area contributed by atoms with Crippen molar-refractivity contribution in [2.24, 2.45) is 0 Å². The van der Waals surface area contributed by atoms with Crippen LogP contribution in [0.2, 0.25) is 0 Å². The number of fused-ring (bicyclic) bond motifs is 1. The number of nitrogen functional groups attached to an aromatic ring is 1. The van der Waals surface area contributed by atoms with E-state index < -0.39 is 0 Å². The minimum Gasteiger partial charge on any atom is -0.385 e. The van der Waals surface area contributed by atoms with Crippen molar-refractivity contribution in [1.82, 2.24) is 34.6 Å². The normalized spacial score (nSPS) is 15.1. The Balaban J connectivity index is 1.35. The predicted molar refractivity (Wildman–Crippen MR) is 158 cm³/mol. The molecule has 0 unspecified atom stereocenters. The average Bonchev–Trinajstić information content (AvgIpc) is 3.68. The van der Waals surface area contributed by atoms with Crippen molar-refractivity contribution < 1.29 is 0 Å². The molecule has 198 valence electrons. The molecule has 5 aromatic rings. The Morgan fingerprint density at radius 2 is 1.95 bits per heavy atom. The molecule has 8 heteroatoms. The maximum atomic E-state index is 6.52. The van der Waals surface area contributed by atoms with Crippen LogP contribution in [-0.4, -0.2) is 47.7 Å². The lowest BCUT2D eigenvalue weighted by Crippen LogP contribution is -2.29. The van der Waals surface area contributed by atoms with Crippen molar-refractivity contribution in [3.05, 3.63) is 90.3 Å². The molecule has 5 heterocycles. The van der Waals surface area contributed by atoms with Gasteiger partial charge in [-0.15, -0.1) is 0 Å². The van der Waals surface area contributed by atoms with Crippen LogP contribution < -0.4 is 5.73 Å². The molecule has 1 aliphatic heterocycles. The SMILES string of the molecule is CC=C/C=C(\c1cc(-c2n[nH]c3ccc(-c4cncc(CN5CCCCC5)c4)cc23)[nH]c1N)n1cnc(C)c1. The second kappa shape index (κ2) is 10.7. The number of imidazole rings is 1. The summed E-state index contributed by atoms with van der Waals surface area (Å²) in [5.74, 6) is 0.578. The number of anilines is 1. The van der Waals surface area contributed by atoms with Gasteiger partial charge in [0.1, 0.15) is 11.5 Å². The lowest BCUT2D eigenvalue weighted by atomic mass is 10.0. The van der Waals surface area contributed by atoms with Crippen LogP contribution in [0.1, 0.15) is 43.0 Å². The Morgan fingerprint density at radius 3 is 2.74 bits per heavy atom. The van der Waals surface area contributed by atoms with Crippen LogP contribution in [0.5, 0.6) is 0 Å². The van der Waals surface area contributed by atoms with E-state index in [0.717, 1.165) is 56.9 Å². The Kier molecular flexibility index (Phi) is 6.85. The third-order valence-electron chi connectivity index (χ3n) is 7.36. The number of aromatic amines is 2. The van der Waals surface area contributed by atoms with Gasteiger partial charge in [-0.05, 0) is 81.2 Å². The van der Waals surface area contributed by atoms with Crippen molar-refractivity contribution in [2.75, 3.05) is 18.8 Å². The van der Waals surface area contributed by atoms with Crippen LogP contribution >= 0.6 is 0 Å². The van der Waals surface area contributed by atoms with Crippen LogP contribution in [0.4, 0.5) is 5.82 Å². The smallest absolute Gasteiger partial charge is 0.116 e. The summed E-state index contributed by atoms with van der Waals surface area (Å²) < 4.78 is 1.99. The molecule has 1 aromatic carbocycles. The molecule has 6 rings (SSSR count).